The second kappa shape index (κ2) is 6.40. The summed E-state index contributed by atoms with van der Waals surface area (Å²) in [5, 5.41) is 12.8. The van der Waals surface area contributed by atoms with Crippen molar-refractivity contribution in [2.24, 2.45) is 0 Å². The van der Waals surface area contributed by atoms with E-state index < -0.39 is 11.1 Å². The van der Waals surface area contributed by atoms with E-state index in [1.165, 1.54) is 0 Å². The minimum atomic E-state index is -0.581. The molecule has 2 N–H and O–H groups in total. The van der Waals surface area contributed by atoms with E-state index in [0.717, 1.165) is 25.9 Å². The number of terminal acetylenes is 1. The third-order valence-electron chi connectivity index (χ3n) is 4.16. The van der Waals surface area contributed by atoms with E-state index in [0.29, 0.717) is 19.4 Å². The second-order valence-corrected chi connectivity index (χ2v) is 5.75. The molecule has 1 fully saturated rings. The minimum absolute atomic E-state index is 0.0248. The standard InChI is InChI=1S/C15H26N2O2/c1-5-15(6-2,7-3)16-13(18)12-17-10-8-14(4,19)9-11-17/h1,19H,6-12H2,2-4H3,(H,16,18). The zero-order chi connectivity index (χ0) is 14.5. The van der Waals surface area contributed by atoms with E-state index in [1.54, 1.807) is 0 Å². The molecule has 19 heavy (non-hydrogen) atoms. The van der Waals surface area contributed by atoms with Gasteiger partial charge in [-0.25, -0.2) is 0 Å². The lowest BCUT2D eigenvalue weighted by molar-refractivity contribution is -0.124. The average Bonchev–Trinajstić information content (AvgIpc) is 2.39. The fraction of sp³-hybridized carbons (Fsp3) is 0.800. The fourth-order valence-corrected chi connectivity index (χ4v) is 2.37. The minimum Gasteiger partial charge on any atom is -0.390 e. The molecule has 0 atom stereocenters. The zero-order valence-electron chi connectivity index (χ0n) is 12.3. The molecule has 1 saturated heterocycles. The maximum Gasteiger partial charge on any atom is 0.235 e. The maximum atomic E-state index is 12.1. The van der Waals surface area contributed by atoms with Crippen molar-refractivity contribution in [2.75, 3.05) is 19.6 Å². The van der Waals surface area contributed by atoms with Crippen molar-refractivity contribution < 1.29 is 9.90 Å². The molecule has 0 radical (unpaired) electrons. The van der Waals surface area contributed by atoms with Crippen LogP contribution < -0.4 is 5.32 Å². The van der Waals surface area contributed by atoms with Gasteiger partial charge in [0.05, 0.1) is 12.1 Å². The monoisotopic (exact) mass is 266 g/mol. The maximum absolute atomic E-state index is 12.1. The third-order valence-corrected chi connectivity index (χ3v) is 4.16. The molecular formula is C15H26N2O2. The summed E-state index contributed by atoms with van der Waals surface area (Å²) in [7, 11) is 0. The van der Waals surface area contributed by atoms with Crippen LogP contribution in [0.25, 0.3) is 0 Å². The quantitative estimate of drug-likeness (QED) is 0.734. The van der Waals surface area contributed by atoms with Gasteiger partial charge in [-0.2, -0.15) is 0 Å². The van der Waals surface area contributed by atoms with E-state index in [4.69, 9.17) is 6.42 Å². The Labute approximate surface area is 116 Å². The van der Waals surface area contributed by atoms with Crippen LogP contribution in [0.15, 0.2) is 0 Å². The average molecular weight is 266 g/mol. The molecule has 1 aliphatic rings. The van der Waals surface area contributed by atoms with Crippen LogP contribution in [-0.2, 0) is 4.79 Å². The Balaban J connectivity index is 2.46. The zero-order valence-corrected chi connectivity index (χ0v) is 12.3. The highest BCUT2D eigenvalue weighted by Gasteiger charge is 2.30. The van der Waals surface area contributed by atoms with Crippen molar-refractivity contribution in [2.45, 2.75) is 57.6 Å². The van der Waals surface area contributed by atoms with Crippen LogP contribution >= 0.6 is 0 Å². The van der Waals surface area contributed by atoms with Gasteiger partial charge in [-0.05, 0) is 32.6 Å². The number of hydrogen-bond acceptors (Lipinski definition) is 3. The lowest BCUT2D eigenvalue weighted by Gasteiger charge is -2.36. The van der Waals surface area contributed by atoms with Gasteiger partial charge in [-0.3, -0.25) is 9.69 Å². The highest BCUT2D eigenvalue weighted by atomic mass is 16.3. The molecule has 0 saturated carbocycles. The molecule has 0 aromatic carbocycles. The molecule has 4 nitrogen and oxygen atoms in total. The summed E-state index contributed by atoms with van der Waals surface area (Å²) in [6, 6.07) is 0. The molecule has 0 aromatic heterocycles. The van der Waals surface area contributed by atoms with Crippen LogP contribution in [0.2, 0.25) is 0 Å². The van der Waals surface area contributed by atoms with Crippen LogP contribution in [-0.4, -0.2) is 46.7 Å². The van der Waals surface area contributed by atoms with Crippen LogP contribution in [0.3, 0.4) is 0 Å². The lowest BCUT2D eigenvalue weighted by Crippen LogP contribution is -2.52. The van der Waals surface area contributed by atoms with E-state index in [9.17, 15) is 9.90 Å². The summed E-state index contributed by atoms with van der Waals surface area (Å²) in [5.41, 5.74) is -1.10. The number of rotatable bonds is 5. The first kappa shape index (κ1) is 16.0. The van der Waals surface area contributed by atoms with Gasteiger partial charge in [0.15, 0.2) is 0 Å². The van der Waals surface area contributed by atoms with Gasteiger partial charge in [-0.15, -0.1) is 6.42 Å². The summed E-state index contributed by atoms with van der Waals surface area (Å²) >= 11 is 0. The topological polar surface area (TPSA) is 52.6 Å². The summed E-state index contributed by atoms with van der Waals surface area (Å²) in [5.74, 6) is 2.68. The number of carbonyl (C=O) groups excluding carboxylic acids is 1. The number of likely N-dealkylation sites (tertiary alicyclic amines) is 1. The van der Waals surface area contributed by atoms with Crippen molar-refractivity contribution in [3.05, 3.63) is 0 Å². The molecule has 0 aliphatic carbocycles. The van der Waals surface area contributed by atoms with Gasteiger partial charge in [0.1, 0.15) is 5.54 Å². The van der Waals surface area contributed by atoms with Crippen molar-refractivity contribution in [3.63, 3.8) is 0 Å². The van der Waals surface area contributed by atoms with Gasteiger partial charge in [0, 0.05) is 13.1 Å². The largest absolute Gasteiger partial charge is 0.390 e. The summed E-state index contributed by atoms with van der Waals surface area (Å²) < 4.78 is 0. The summed E-state index contributed by atoms with van der Waals surface area (Å²) in [6.45, 7) is 7.69. The number of nitrogens with one attached hydrogen (secondary N) is 1. The van der Waals surface area contributed by atoms with Gasteiger partial charge in [0.2, 0.25) is 5.91 Å². The molecule has 0 spiro atoms. The molecule has 1 aliphatic heterocycles. The molecule has 0 bridgehead atoms. The number of amides is 1. The van der Waals surface area contributed by atoms with E-state index >= 15 is 0 Å². The molecule has 108 valence electrons. The Morgan fingerprint density at radius 1 is 1.42 bits per heavy atom. The number of hydrogen-bond donors (Lipinski definition) is 2. The van der Waals surface area contributed by atoms with Crippen molar-refractivity contribution in [3.8, 4) is 12.3 Å². The molecule has 4 heteroatoms. The molecule has 1 heterocycles. The first-order chi connectivity index (χ1) is 8.86. The summed E-state index contributed by atoms with van der Waals surface area (Å²) in [4.78, 5) is 14.1. The third kappa shape index (κ3) is 4.52. The Hall–Kier alpha value is -1.05. The molecule has 1 amide bonds. The Bertz CT molecular complexity index is 344. The normalized spacial score (nSPS) is 19.7. The number of piperidine rings is 1. The second-order valence-electron chi connectivity index (χ2n) is 5.75. The Morgan fingerprint density at radius 3 is 2.37 bits per heavy atom. The highest BCUT2D eigenvalue weighted by molar-refractivity contribution is 5.79. The SMILES string of the molecule is C#CC(CC)(CC)NC(=O)CN1CCC(C)(O)CC1. The number of carbonyl (C=O) groups is 1. The predicted molar refractivity (Wildman–Crippen MR) is 76.6 cm³/mol. The first-order valence-electron chi connectivity index (χ1n) is 7.10. The van der Waals surface area contributed by atoms with Gasteiger partial charge in [-0.1, -0.05) is 19.8 Å². The first-order valence-corrected chi connectivity index (χ1v) is 7.10. The van der Waals surface area contributed by atoms with E-state index in [1.807, 2.05) is 20.8 Å². The van der Waals surface area contributed by atoms with E-state index in [2.05, 4.69) is 16.1 Å². The van der Waals surface area contributed by atoms with Crippen molar-refractivity contribution >= 4 is 5.91 Å². The van der Waals surface area contributed by atoms with Crippen LogP contribution in [0.5, 0.6) is 0 Å². The van der Waals surface area contributed by atoms with Crippen LogP contribution in [0.1, 0.15) is 46.5 Å². The van der Waals surface area contributed by atoms with Gasteiger partial charge < -0.3 is 10.4 Å². The summed E-state index contributed by atoms with van der Waals surface area (Å²) in [6.07, 6.45) is 8.43. The predicted octanol–water partition coefficient (Wildman–Crippen LogP) is 1.14. The molecule has 1 rings (SSSR count). The Morgan fingerprint density at radius 2 is 1.95 bits per heavy atom. The van der Waals surface area contributed by atoms with Crippen molar-refractivity contribution in [1.29, 1.82) is 0 Å². The smallest absolute Gasteiger partial charge is 0.235 e. The van der Waals surface area contributed by atoms with Gasteiger partial charge in [0.25, 0.3) is 0 Å². The Kier molecular flexibility index (Phi) is 5.39. The lowest BCUT2D eigenvalue weighted by atomic mass is 9.93. The molecule has 0 aromatic rings. The van der Waals surface area contributed by atoms with Crippen molar-refractivity contribution in [1.82, 2.24) is 10.2 Å². The number of nitrogens with zero attached hydrogens (tertiary/aromatic N) is 1. The van der Waals surface area contributed by atoms with E-state index in [-0.39, 0.29) is 5.91 Å². The number of aliphatic hydroxyl groups is 1. The highest BCUT2D eigenvalue weighted by Crippen LogP contribution is 2.21. The van der Waals surface area contributed by atoms with Crippen LogP contribution in [0.4, 0.5) is 0 Å². The molecular weight excluding hydrogens is 240 g/mol. The van der Waals surface area contributed by atoms with Crippen LogP contribution in [0, 0.1) is 12.3 Å². The van der Waals surface area contributed by atoms with Gasteiger partial charge >= 0.3 is 0 Å². The molecule has 0 unspecified atom stereocenters. The fourth-order valence-electron chi connectivity index (χ4n) is 2.37.